The lowest BCUT2D eigenvalue weighted by molar-refractivity contribution is -0.115. The van der Waals surface area contributed by atoms with E-state index in [0.717, 1.165) is 5.03 Å². The van der Waals surface area contributed by atoms with Crippen LogP contribution in [-0.2, 0) is 4.79 Å². The van der Waals surface area contributed by atoms with E-state index in [-0.39, 0.29) is 17.0 Å². The highest BCUT2D eigenvalue weighted by atomic mass is 32.2. The van der Waals surface area contributed by atoms with Crippen molar-refractivity contribution in [3.63, 3.8) is 0 Å². The molecule has 0 bridgehead atoms. The fourth-order valence-corrected chi connectivity index (χ4v) is 2.37. The Labute approximate surface area is 121 Å². The van der Waals surface area contributed by atoms with Gasteiger partial charge < -0.3 is 5.32 Å². The number of benzene rings is 1. The summed E-state index contributed by atoms with van der Waals surface area (Å²) in [6.45, 7) is 3.47. The summed E-state index contributed by atoms with van der Waals surface area (Å²) in [4.78, 5) is 16.2. The summed E-state index contributed by atoms with van der Waals surface area (Å²) in [5, 5.41) is 3.17. The van der Waals surface area contributed by atoms with Crippen LogP contribution in [0.3, 0.4) is 0 Å². The molecule has 1 N–H and O–H groups in total. The normalized spacial score (nSPS) is 11.9. The summed E-state index contributed by atoms with van der Waals surface area (Å²) >= 11 is 1.36. The van der Waals surface area contributed by atoms with Gasteiger partial charge in [-0.2, -0.15) is 0 Å². The predicted octanol–water partition coefficient (Wildman–Crippen LogP) is 3.65. The van der Waals surface area contributed by atoms with Crippen molar-refractivity contribution in [2.24, 2.45) is 0 Å². The SMILES string of the molecule is Cc1ccc(NC(=O)C(C)Sc2ccccn2)cc1F. The number of pyridine rings is 1. The summed E-state index contributed by atoms with van der Waals surface area (Å²) in [6.07, 6.45) is 1.68. The maximum Gasteiger partial charge on any atom is 0.237 e. The molecule has 2 aromatic rings. The summed E-state index contributed by atoms with van der Waals surface area (Å²) in [5.41, 5.74) is 1.02. The molecule has 1 amide bonds. The molecule has 0 fully saturated rings. The number of rotatable bonds is 4. The van der Waals surface area contributed by atoms with E-state index < -0.39 is 0 Å². The molecule has 2 rings (SSSR count). The molecule has 0 aliphatic rings. The van der Waals surface area contributed by atoms with Crippen LogP contribution in [-0.4, -0.2) is 16.1 Å². The molecule has 1 aromatic heterocycles. The van der Waals surface area contributed by atoms with Crippen molar-refractivity contribution >= 4 is 23.4 Å². The molecule has 0 aliphatic carbocycles. The molecular weight excluding hydrogens is 275 g/mol. The molecule has 1 atom stereocenters. The van der Waals surface area contributed by atoms with Gasteiger partial charge in [-0.15, -0.1) is 0 Å². The maximum atomic E-state index is 13.4. The Kier molecular flexibility index (Phi) is 4.74. The molecule has 0 radical (unpaired) electrons. The molecule has 1 heterocycles. The van der Waals surface area contributed by atoms with Crippen LogP contribution in [0.15, 0.2) is 47.6 Å². The number of aryl methyl sites for hydroxylation is 1. The number of nitrogens with zero attached hydrogens (tertiary/aromatic N) is 1. The van der Waals surface area contributed by atoms with Gasteiger partial charge in [-0.1, -0.05) is 23.9 Å². The first kappa shape index (κ1) is 14.5. The molecule has 5 heteroatoms. The van der Waals surface area contributed by atoms with Gasteiger partial charge in [0.25, 0.3) is 0 Å². The highest BCUT2D eigenvalue weighted by Crippen LogP contribution is 2.22. The monoisotopic (exact) mass is 290 g/mol. The largest absolute Gasteiger partial charge is 0.325 e. The molecule has 0 spiro atoms. The lowest BCUT2D eigenvalue weighted by Crippen LogP contribution is -2.22. The Hall–Kier alpha value is -1.88. The minimum absolute atomic E-state index is 0.177. The summed E-state index contributed by atoms with van der Waals surface area (Å²) in [5.74, 6) is -0.503. The Balaban J connectivity index is 1.99. The first-order valence-corrected chi connectivity index (χ1v) is 7.09. The minimum Gasteiger partial charge on any atom is -0.325 e. The summed E-state index contributed by atoms with van der Waals surface area (Å²) in [6, 6.07) is 10.2. The van der Waals surface area contributed by atoms with Crippen molar-refractivity contribution in [2.75, 3.05) is 5.32 Å². The number of aromatic nitrogens is 1. The van der Waals surface area contributed by atoms with Gasteiger partial charge in [0.2, 0.25) is 5.91 Å². The minimum atomic E-state index is -0.326. The molecule has 3 nitrogen and oxygen atoms in total. The predicted molar refractivity (Wildman–Crippen MR) is 79.3 cm³/mol. The third kappa shape index (κ3) is 3.81. The van der Waals surface area contributed by atoms with Gasteiger partial charge >= 0.3 is 0 Å². The summed E-state index contributed by atoms with van der Waals surface area (Å²) < 4.78 is 13.4. The molecule has 0 saturated heterocycles. The standard InChI is InChI=1S/C15H15FN2OS/c1-10-6-7-12(9-13(10)16)18-15(19)11(2)20-14-5-3-4-8-17-14/h3-9,11H,1-2H3,(H,18,19). The number of hydrogen-bond donors (Lipinski definition) is 1. The first-order chi connectivity index (χ1) is 9.56. The van der Waals surface area contributed by atoms with Crippen LogP contribution in [0.25, 0.3) is 0 Å². The van der Waals surface area contributed by atoms with E-state index in [0.29, 0.717) is 11.3 Å². The van der Waals surface area contributed by atoms with Crippen LogP contribution in [0.5, 0.6) is 0 Å². The van der Waals surface area contributed by atoms with Crippen LogP contribution in [0, 0.1) is 12.7 Å². The van der Waals surface area contributed by atoms with Crippen LogP contribution >= 0.6 is 11.8 Å². The number of anilines is 1. The summed E-state index contributed by atoms with van der Waals surface area (Å²) in [7, 11) is 0. The molecule has 1 unspecified atom stereocenters. The van der Waals surface area contributed by atoms with Gasteiger partial charge in [-0.25, -0.2) is 9.37 Å². The van der Waals surface area contributed by atoms with Crippen molar-refractivity contribution in [2.45, 2.75) is 24.1 Å². The van der Waals surface area contributed by atoms with E-state index >= 15 is 0 Å². The van der Waals surface area contributed by atoms with E-state index in [1.54, 1.807) is 32.2 Å². The zero-order valence-electron chi connectivity index (χ0n) is 11.3. The zero-order valence-corrected chi connectivity index (χ0v) is 12.1. The fraction of sp³-hybridized carbons (Fsp3) is 0.200. The van der Waals surface area contributed by atoms with Gasteiger partial charge in [0, 0.05) is 11.9 Å². The Bertz CT molecular complexity index is 604. The number of hydrogen-bond acceptors (Lipinski definition) is 3. The van der Waals surface area contributed by atoms with Gasteiger partial charge in [-0.05, 0) is 43.7 Å². The lowest BCUT2D eigenvalue weighted by Gasteiger charge is -2.11. The quantitative estimate of drug-likeness (QED) is 0.874. The van der Waals surface area contributed by atoms with Crippen molar-refractivity contribution in [3.05, 3.63) is 54.0 Å². The van der Waals surface area contributed by atoms with Gasteiger partial charge in [0.05, 0.1) is 10.3 Å². The molecule has 0 aliphatic heterocycles. The second kappa shape index (κ2) is 6.52. The van der Waals surface area contributed by atoms with Gasteiger partial charge in [0.1, 0.15) is 5.82 Å². The van der Waals surface area contributed by atoms with Crippen LogP contribution in [0.4, 0.5) is 10.1 Å². The molecule has 0 saturated carbocycles. The number of carbonyl (C=O) groups is 1. The van der Waals surface area contributed by atoms with E-state index in [1.807, 2.05) is 18.2 Å². The van der Waals surface area contributed by atoms with Crippen molar-refractivity contribution in [3.8, 4) is 0 Å². The third-order valence-electron chi connectivity index (χ3n) is 2.74. The highest BCUT2D eigenvalue weighted by molar-refractivity contribution is 8.00. The number of carbonyl (C=O) groups excluding carboxylic acids is 1. The van der Waals surface area contributed by atoms with Crippen molar-refractivity contribution in [1.82, 2.24) is 4.98 Å². The van der Waals surface area contributed by atoms with Gasteiger partial charge in [-0.3, -0.25) is 4.79 Å². The second-order valence-corrected chi connectivity index (χ2v) is 5.74. The van der Waals surface area contributed by atoms with Gasteiger partial charge in [0.15, 0.2) is 0 Å². The smallest absolute Gasteiger partial charge is 0.237 e. The molecular formula is C15H15FN2OS. The van der Waals surface area contributed by atoms with E-state index in [9.17, 15) is 9.18 Å². The maximum absolute atomic E-state index is 13.4. The van der Waals surface area contributed by atoms with Crippen LogP contribution < -0.4 is 5.32 Å². The van der Waals surface area contributed by atoms with E-state index in [2.05, 4.69) is 10.3 Å². The Morgan fingerprint density at radius 1 is 1.35 bits per heavy atom. The molecule has 20 heavy (non-hydrogen) atoms. The topological polar surface area (TPSA) is 42.0 Å². The van der Waals surface area contributed by atoms with Crippen molar-refractivity contribution in [1.29, 1.82) is 0 Å². The fourth-order valence-electron chi connectivity index (χ4n) is 1.57. The number of amides is 1. The van der Waals surface area contributed by atoms with Crippen LogP contribution in [0.1, 0.15) is 12.5 Å². The third-order valence-corrected chi connectivity index (χ3v) is 3.79. The second-order valence-electron chi connectivity index (χ2n) is 4.38. The van der Waals surface area contributed by atoms with Crippen molar-refractivity contribution < 1.29 is 9.18 Å². The zero-order chi connectivity index (χ0) is 14.5. The van der Waals surface area contributed by atoms with Crippen LogP contribution in [0.2, 0.25) is 0 Å². The molecule has 1 aromatic carbocycles. The van der Waals surface area contributed by atoms with E-state index in [1.165, 1.54) is 17.8 Å². The average Bonchev–Trinajstić information content (AvgIpc) is 2.44. The highest BCUT2D eigenvalue weighted by Gasteiger charge is 2.15. The number of halogens is 1. The van der Waals surface area contributed by atoms with E-state index in [4.69, 9.17) is 0 Å². The number of thioether (sulfide) groups is 1. The number of nitrogens with one attached hydrogen (secondary N) is 1. The Morgan fingerprint density at radius 3 is 2.80 bits per heavy atom. The first-order valence-electron chi connectivity index (χ1n) is 6.21. The Morgan fingerprint density at radius 2 is 2.15 bits per heavy atom. The average molecular weight is 290 g/mol. The molecule has 104 valence electrons. The lowest BCUT2D eigenvalue weighted by atomic mass is 10.2.